The van der Waals surface area contributed by atoms with Gasteiger partial charge in [-0.25, -0.2) is 8.78 Å². The van der Waals surface area contributed by atoms with Crippen LogP contribution in [-0.4, -0.2) is 23.4 Å². The van der Waals surface area contributed by atoms with Crippen LogP contribution in [0.3, 0.4) is 0 Å². The Morgan fingerprint density at radius 1 is 1.44 bits per heavy atom. The Labute approximate surface area is 113 Å². The molecule has 1 heterocycles. The third kappa shape index (κ3) is 2.71. The molecule has 18 heavy (non-hydrogen) atoms. The summed E-state index contributed by atoms with van der Waals surface area (Å²) in [5, 5.41) is 0. The predicted octanol–water partition coefficient (Wildman–Crippen LogP) is 3.28. The Balaban J connectivity index is 2.14. The summed E-state index contributed by atoms with van der Waals surface area (Å²) in [5.74, 6) is -1.24. The summed E-state index contributed by atoms with van der Waals surface area (Å²) in [6.07, 6.45) is 1.87. The van der Waals surface area contributed by atoms with Crippen LogP contribution in [0.5, 0.6) is 0 Å². The second-order valence-corrected chi connectivity index (χ2v) is 5.47. The quantitative estimate of drug-likeness (QED) is 0.767. The third-order valence-corrected chi connectivity index (χ3v) is 3.91. The van der Waals surface area contributed by atoms with Crippen LogP contribution in [0.2, 0.25) is 0 Å². The van der Waals surface area contributed by atoms with E-state index in [0.29, 0.717) is 6.54 Å². The molecule has 98 valence electrons. The van der Waals surface area contributed by atoms with Crippen molar-refractivity contribution in [1.29, 1.82) is 0 Å². The lowest BCUT2D eigenvalue weighted by Gasteiger charge is -2.21. The monoisotopic (exact) mass is 317 g/mol. The van der Waals surface area contributed by atoms with E-state index < -0.39 is 11.6 Å². The summed E-state index contributed by atoms with van der Waals surface area (Å²) in [5.41, 5.74) is 0.111. The maximum absolute atomic E-state index is 13.6. The molecular weight excluding hydrogens is 304 g/mol. The van der Waals surface area contributed by atoms with E-state index >= 15 is 0 Å². The molecule has 0 saturated carbocycles. The molecule has 0 N–H and O–H groups in total. The number of likely N-dealkylation sites (tertiary alicyclic amines) is 1. The molecule has 0 aliphatic carbocycles. The first kappa shape index (κ1) is 13.5. The first-order valence-corrected chi connectivity index (χ1v) is 6.71. The zero-order valence-corrected chi connectivity index (χ0v) is 11.6. The zero-order valence-electron chi connectivity index (χ0n) is 10.0. The van der Waals surface area contributed by atoms with Crippen LogP contribution in [0.4, 0.5) is 8.78 Å². The molecule has 1 aliphatic heterocycles. The number of halogens is 3. The number of hydrogen-bond donors (Lipinski definition) is 0. The molecule has 0 bridgehead atoms. The molecule has 1 aromatic carbocycles. The first-order valence-electron chi connectivity index (χ1n) is 5.92. The lowest BCUT2D eigenvalue weighted by atomic mass is 10.1. The Hall–Kier alpha value is -0.970. The van der Waals surface area contributed by atoms with Gasteiger partial charge in [0.05, 0.1) is 10.9 Å². The van der Waals surface area contributed by atoms with E-state index in [9.17, 15) is 13.6 Å². The van der Waals surface area contributed by atoms with Crippen molar-refractivity contribution in [3.63, 3.8) is 0 Å². The number of hydrogen-bond acceptors (Lipinski definition) is 1. The van der Waals surface area contributed by atoms with E-state index in [-0.39, 0.29) is 28.4 Å². The van der Waals surface area contributed by atoms with Crippen molar-refractivity contribution in [2.45, 2.75) is 32.2 Å². The van der Waals surface area contributed by atoms with Gasteiger partial charge in [0.15, 0.2) is 0 Å². The highest BCUT2D eigenvalue weighted by atomic mass is 79.9. The van der Waals surface area contributed by atoms with Crippen LogP contribution < -0.4 is 0 Å². The minimum absolute atomic E-state index is 0.0748. The first-order chi connectivity index (χ1) is 8.49. The molecule has 0 spiro atoms. The molecule has 1 saturated heterocycles. The molecular formula is C13H14BrF2NO. The van der Waals surface area contributed by atoms with Gasteiger partial charge in [0, 0.05) is 18.2 Å². The highest BCUT2D eigenvalue weighted by molar-refractivity contribution is 9.10. The van der Waals surface area contributed by atoms with Crippen LogP contribution in [0.15, 0.2) is 16.6 Å². The van der Waals surface area contributed by atoms with Crippen LogP contribution in [0.25, 0.3) is 0 Å². The van der Waals surface area contributed by atoms with E-state index in [2.05, 4.69) is 15.9 Å². The van der Waals surface area contributed by atoms with Gasteiger partial charge < -0.3 is 4.90 Å². The van der Waals surface area contributed by atoms with Gasteiger partial charge in [-0.3, -0.25) is 4.79 Å². The number of carbonyl (C=O) groups excluding carboxylic acids is 1. The van der Waals surface area contributed by atoms with Gasteiger partial charge in [0.25, 0.3) is 0 Å². The fourth-order valence-corrected chi connectivity index (χ4v) is 2.58. The van der Waals surface area contributed by atoms with Gasteiger partial charge in [-0.05, 0) is 47.8 Å². The van der Waals surface area contributed by atoms with E-state index in [1.807, 2.05) is 6.92 Å². The number of carbonyl (C=O) groups is 1. The lowest BCUT2D eigenvalue weighted by molar-refractivity contribution is -0.131. The van der Waals surface area contributed by atoms with E-state index in [1.54, 1.807) is 4.90 Å². The highest BCUT2D eigenvalue weighted by Crippen LogP contribution is 2.22. The molecule has 1 atom stereocenters. The Bertz CT molecular complexity index is 478. The maximum Gasteiger partial charge on any atom is 0.227 e. The maximum atomic E-state index is 13.6. The number of rotatable bonds is 2. The number of benzene rings is 1. The highest BCUT2D eigenvalue weighted by Gasteiger charge is 2.25. The minimum Gasteiger partial charge on any atom is -0.340 e. The molecule has 2 rings (SSSR count). The van der Waals surface area contributed by atoms with Crippen molar-refractivity contribution < 1.29 is 13.6 Å². The minimum atomic E-state index is -0.552. The largest absolute Gasteiger partial charge is 0.340 e. The van der Waals surface area contributed by atoms with Crippen molar-refractivity contribution >= 4 is 21.8 Å². The average molecular weight is 318 g/mol. The van der Waals surface area contributed by atoms with Crippen LogP contribution in [-0.2, 0) is 11.2 Å². The fraction of sp³-hybridized carbons (Fsp3) is 0.462. The van der Waals surface area contributed by atoms with Crippen LogP contribution >= 0.6 is 15.9 Å². The molecule has 1 aliphatic rings. The molecule has 0 unspecified atom stereocenters. The Kier molecular flexibility index (Phi) is 4.00. The summed E-state index contributed by atoms with van der Waals surface area (Å²) < 4.78 is 27.0. The topological polar surface area (TPSA) is 20.3 Å². The summed E-state index contributed by atoms with van der Waals surface area (Å²) in [4.78, 5) is 13.7. The van der Waals surface area contributed by atoms with Crippen molar-refractivity contribution in [2.24, 2.45) is 0 Å². The molecule has 2 nitrogen and oxygen atoms in total. The summed E-state index contributed by atoms with van der Waals surface area (Å²) in [6.45, 7) is 2.68. The second kappa shape index (κ2) is 5.34. The van der Waals surface area contributed by atoms with Gasteiger partial charge in [-0.1, -0.05) is 0 Å². The van der Waals surface area contributed by atoms with E-state index in [1.165, 1.54) is 0 Å². The SMILES string of the molecule is C[C@H]1CCCN1C(=O)Cc1cc(F)c(Br)cc1F. The van der Waals surface area contributed by atoms with Gasteiger partial charge in [0.1, 0.15) is 11.6 Å². The normalized spacial score (nSPS) is 19.3. The Morgan fingerprint density at radius 3 is 2.78 bits per heavy atom. The standard InChI is InChI=1S/C13H14BrF2NO/c1-8-3-2-4-17(8)13(18)6-9-5-12(16)10(14)7-11(9)15/h5,7-8H,2-4,6H2,1H3/t8-/m0/s1. The van der Waals surface area contributed by atoms with Gasteiger partial charge in [-0.15, -0.1) is 0 Å². The summed E-state index contributed by atoms with van der Waals surface area (Å²) in [7, 11) is 0. The van der Waals surface area contributed by atoms with Gasteiger partial charge >= 0.3 is 0 Å². The lowest BCUT2D eigenvalue weighted by Crippen LogP contribution is -2.34. The molecule has 1 amide bonds. The van der Waals surface area contributed by atoms with Crippen molar-refractivity contribution in [2.75, 3.05) is 6.54 Å². The molecule has 0 radical (unpaired) electrons. The fourth-order valence-electron chi connectivity index (χ4n) is 2.27. The predicted molar refractivity (Wildman–Crippen MR) is 68.2 cm³/mol. The number of nitrogens with zero attached hydrogens (tertiary/aromatic N) is 1. The van der Waals surface area contributed by atoms with Crippen molar-refractivity contribution in [3.05, 3.63) is 33.8 Å². The van der Waals surface area contributed by atoms with Crippen molar-refractivity contribution in [3.8, 4) is 0 Å². The van der Waals surface area contributed by atoms with Crippen LogP contribution in [0.1, 0.15) is 25.3 Å². The molecule has 5 heteroatoms. The van der Waals surface area contributed by atoms with E-state index in [0.717, 1.165) is 25.0 Å². The van der Waals surface area contributed by atoms with Crippen molar-refractivity contribution in [1.82, 2.24) is 4.90 Å². The zero-order chi connectivity index (χ0) is 13.3. The number of amides is 1. The molecule has 1 aromatic rings. The van der Waals surface area contributed by atoms with Crippen LogP contribution in [0, 0.1) is 11.6 Å². The summed E-state index contributed by atoms with van der Waals surface area (Å²) in [6, 6.07) is 2.34. The van der Waals surface area contributed by atoms with E-state index in [4.69, 9.17) is 0 Å². The average Bonchev–Trinajstić information content (AvgIpc) is 2.72. The smallest absolute Gasteiger partial charge is 0.227 e. The summed E-state index contributed by atoms with van der Waals surface area (Å²) >= 11 is 2.91. The third-order valence-electron chi connectivity index (χ3n) is 3.30. The van der Waals surface area contributed by atoms with Gasteiger partial charge in [-0.2, -0.15) is 0 Å². The van der Waals surface area contributed by atoms with Gasteiger partial charge in [0.2, 0.25) is 5.91 Å². The molecule has 1 fully saturated rings. The Morgan fingerprint density at radius 2 is 2.17 bits per heavy atom. The second-order valence-electron chi connectivity index (χ2n) is 4.61. The molecule has 0 aromatic heterocycles.